The summed E-state index contributed by atoms with van der Waals surface area (Å²) in [5.41, 5.74) is 1.66. The molecule has 0 spiro atoms. The molecule has 2 saturated carbocycles. The third kappa shape index (κ3) is 1.81. The second-order valence-electron chi connectivity index (χ2n) is 7.80. The molecule has 0 aromatic carbocycles. The van der Waals surface area contributed by atoms with Crippen LogP contribution in [0.5, 0.6) is 0 Å². The lowest BCUT2D eigenvalue weighted by atomic mass is 9.53. The van der Waals surface area contributed by atoms with Gasteiger partial charge in [0.15, 0.2) is 5.78 Å². The Morgan fingerprint density at radius 3 is 2.95 bits per heavy atom. The minimum Gasteiger partial charge on any atom is -0.295 e. The summed E-state index contributed by atoms with van der Waals surface area (Å²) < 4.78 is 0. The molecular weight excluding hydrogens is 256 g/mol. The molecule has 0 N–H and O–H groups in total. The van der Waals surface area contributed by atoms with Crippen LogP contribution in [0.2, 0.25) is 0 Å². The van der Waals surface area contributed by atoms with Gasteiger partial charge in [-0.1, -0.05) is 19.1 Å². The Kier molecular flexibility index (Phi) is 2.93. The van der Waals surface area contributed by atoms with Crippen LogP contribution in [0, 0.1) is 47.3 Å². The summed E-state index contributed by atoms with van der Waals surface area (Å²) in [6.45, 7) is 2.44. The van der Waals surface area contributed by atoms with Crippen molar-refractivity contribution >= 4 is 5.78 Å². The molecule has 0 aliphatic heterocycles. The number of hydrogen-bond donors (Lipinski definition) is 0. The molecule has 4 rings (SSSR count). The number of rotatable bonds is 0. The molecule has 0 saturated heterocycles. The maximum absolute atomic E-state index is 11.7. The number of carbonyl (C=O) groups is 1. The van der Waals surface area contributed by atoms with Crippen LogP contribution < -0.4 is 0 Å². The minimum absolute atomic E-state index is 0.318. The Balaban J connectivity index is 1.69. The molecule has 0 radical (unpaired) electrons. The molecule has 21 heavy (non-hydrogen) atoms. The third-order valence-electron chi connectivity index (χ3n) is 7.07. The highest BCUT2D eigenvalue weighted by Crippen LogP contribution is 2.62. The fraction of sp³-hybridized carbons (Fsp3) is 0.650. The van der Waals surface area contributed by atoms with Crippen molar-refractivity contribution in [3.63, 3.8) is 0 Å². The third-order valence-corrected chi connectivity index (χ3v) is 7.07. The molecule has 1 heteroatoms. The molecule has 6 unspecified atom stereocenters. The first-order valence-corrected chi connectivity index (χ1v) is 8.52. The van der Waals surface area contributed by atoms with Gasteiger partial charge in [0, 0.05) is 12.3 Å². The van der Waals surface area contributed by atoms with Gasteiger partial charge in [0.2, 0.25) is 0 Å². The highest BCUT2D eigenvalue weighted by Gasteiger charge is 2.54. The van der Waals surface area contributed by atoms with Crippen molar-refractivity contribution in [2.75, 3.05) is 0 Å². The molecule has 4 aliphatic carbocycles. The zero-order chi connectivity index (χ0) is 14.6. The Morgan fingerprint density at radius 1 is 1.29 bits per heavy atom. The van der Waals surface area contributed by atoms with Crippen molar-refractivity contribution < 1.29 is 4.79 Å². The van der Waals surface area contributed by atoms with E-state index < -0.39 is 0 Å². The summed E-state index contributed by atoms with van der Waals surface area (Å²) in [6, 6.07) is 0. The number of fused-ring (bicyclic) bond motifs is 5. The van der Waals surface area contributed by atoms with E-state index in [0.29, 0.717) is 29.0 Å². The molecule has 4 aliphatic rings. The summed E-state index contributed by atoms with van der Waals surface area (Å²) in [5.74, 6) is 6.71. The first kappa shape index (κ1) is 13.4. The quantitative estimate of drug-likeness (QED) is 0.609. The summed E-state index contributed by atoms with van der Waals surface area (Å²) in [6.07, 6.45) is 19.3. The number of carbonyl (C=O) groups excluding carboxylic acids is 1. The van der Waals surface area contributed by atoms with Gasteiger partial charge in [-0.25, -0.2) is 0 Å². The average molecular weight is 280 g/mol. The first-order chi connectivity index (χ1) is 10.1. The van der Waals surface area contributed by atoms with Gasteiger partial charge in [-0.05, 0) is 72.8 Å². The van der Waals surface area contributed by atoms with Gasteiger partial charge in [0.1, 0.15) is 0 Å². The van der Waals surface area contributed by atoms with E-state index in [4.69, 9.17) is 6.42 Å². The zero-order valence-electron chi connectivity index (χ0n) is 12.8. The van der Waals surface area contributed by atoms with Gasteiger partial charge in [0.25, 0.3) is 0 Å². The second-order valence-corrected chi connectivity index (χ2v) is 7.80. The molecule has 1 nitrogen and oxygen atoms in total. The van der Waals surface area contributed by atoms with Crippen LogP contribution >= 0.6 is 0 Å². The van der Waals surface area contributed by atoms with Crippen LogP contribution in [0.3, 0.4) is 0 Å². The first-order valence-electron chi connectivity index (χ1n) is 8.52. The van der Waals surface area contributed by atoms with Crippen LogP contribution in [0.15, 0.2) is 23.8 Å². The fourth-order valence-corrected chi connectivity index (χ4v) is 5.93. The topological polar surface area (TPSA) is 17.1 Å². The van der Waals surface area contributed by atoms with Crippen LogP contribution in [0.4, 0.5) is 0 Å². The minimum atomic E-state index is 0.318. The molecule has 0 bridgehead atoms. The van der Waals surface area contributed by atoms with Gasteiger partial charge in [0.05, 0.1) is 0 Å². The molecule has 6 atom stereocenters. The van der Waals surface area contributed by atoms with E-state index >= 15 is 0 Å². The average Bonchev–Trinajstić information content (AvgIpc) is 2.83. The Morgan fingerprint density at radius 2 is 2.14 bits per heavy atom. The number of hydrogen-bond acceptors (Lipinski definition) is 1. The van der Waals surface area contributed by atoms with E-state index in [2.05, 4.69) is 25.0 Å². The lowest BCUT2D eigenvalue weighted by molar-refractivity contribution is -0.115. The molecule has 0 heterocycles. The van der Waals surface area contributed by atoms with Gasteiger partial charge in [-0.15, -0.1) is 12.3 Å². The summed E-state index contributed by atoms with van der Waals surface area (Å²) >= 11 is 0. The van der Waals surface area contributed by atoms with Crippen LogP contribution in [0.1, 0.15) is 45.4 Å². The van der Waals surface area contributed by atoms with Gasteiger partial charge < -0.3 is 0 Å². The highest BCUT2D eigenvalue weighted by molar-refractivity contribution is 5.91. The predicted molar refractivity (Wildman–Crippen MR) is 84.3 cm³/mol. The number of allylic oxidation sites excluding steroid dienone is 4. The standard InChI is InChI=1S/C20H24O/c1-3-14-5-9-19-18-7-4-13-12-15(21)6-8-16(13)17(18)10-11-20(14,19)2/h1,4,7,12,14,16-19H,5-6,8-11H2,2H3. The highest BCUT2D eigenvalue weighted by atomic mass is 16.1. The van der Waals surface area contributed by atoms with Gasteiger partial charge in [-0.3, -0.25) is 4.79 Å². The van der Waals surface area contributed by atoms with Crippen LogP contribution in [0.25, 0.3) is 0 Å². The van der Waals surface area contributed by atoms with Crippen molar-refractivity contribution in [2.24, 2.45) is 35.0 Å². The van der Waals surface area contributed by atoms with E-state index in [1.807, 2.05) is 6.08 Å². The lowest BCUT2D eigenvalue weighted by Gasteiger charge is -2.51. The van der Waals surface area contributed by atoms with Gasteiger partial charge >= 0.3 is 0 Å². The van der Waals surface area contributed by atoms with Gasteiger partial charge in [-0.2, -0.15) is 0 Å². The van der Waals surface area contributed by atoms with Crippen molar-refractivity contribution in [1.82, 2.24) is 0 Å². The van der Waals surface area contributed by atoms with E-state index in [1.54, 1.807) is 0 Å². The van der Waals surface area contributed by atoms with Crippen LogP contribution in [-0.4, -0.2) is 5.78 Å². The fourth-order valence-electron chi connectivity index (χ4n) is 5.93. The Hall–Kier alpha value is -1.29. The summed E-state index contributed by atoms with van der Waals surface area (Å²) in [7, 11) is 0. The second kappa shape index (κ2) is 4.60. The predicted octanol–water partition coefficient (Wildman–Crippen LogP) is 4.15. The van der Waals surface area contributed by atoms with Crippen molar-refractivity contribution in [1.29, 1.82) is 0 Å². The van der Waals surface area contributed by atoms with E-state index in [9.17, 15) is 4.79 Å². The molecular formula is C20H24O. The van der Waals surface area contributed by atoms with Crippen molar-refractivity contribution in [3.8, 4) is 12.3 Å². The zero-order valence-corrected chi connectivity index (χ0v) is 12.8. The van der Waals surface area contributed by atoms with Crippen molar-refractivity contribution in [3.05, 3.63) is 23.8 Å². The number of terminal acetylenes is 1. The molecule has 2 fully saturated rings. The summed E-state index contributed by atoms with van der Waals surface area (Å²) in [5, 5.41) is 0. The number of ketones is 1. The van der Waals surface area contributed by atoms with E-state index in [1.165, 1.54) is 31.3 Å². The molecule has 0 aromatic rings. The molecule has 0 amide bonds. The lowest BCUT2D eigenvalue weighted by Crippen LogP contribution is -2.44. The monoisotopic (exact) mass is 280 g/mol. The van der Waals surface area contributed by atoms with E-state index in [-0.39, 0.29) is 0 Å². The Bertz CT molecular complexity index is 575. The van der Waals surface area contributed by atoms with E-state index in [0.717, 1.165) is 24.7 Å². The smallest absolute Gasteiger partial charge is 0.155 e. The largest absolute Gasteiger partial charge is 0.295 e. The van der Waals surface area contributed by atoms with Crippen LogP contribution in [-0.2, 0) is 4.79 Å². The van der Waals surface area contributed by atoms with Crippen molar-refractivity contribution in [2.45, 2.75) is 45.4 Å². The summed E-state index contributed by atoms with van der Waals surface area (Å²) in [4.78, 5) is 11.7. The molecule has 0 aromatic heterocycles. The maximum atomic E-state index is 11.7. The molecule has 110 valence electrons. The maximum Gasteiger partial charge on any atom is 0.155 e. The normalized spacial score (nSPS) is 47.9. The SMILES string of the molecule is C#CC1CCC2C3C=CC4=CC(=O)CCC4C3CCC12C. The Labute approximate surface area is 127 Å².